The average molecular weight is 168 g/mol. The average Bonchev–Trinajstić information content (AvgIpc) is 2.06. The van der Waals surface area contributed by atoms with Gasteiger partial charge in [-0.25, -0.2) is 0 Å². The van der Waals surface area contributed by atoms with Crippen LogP contribution in [0.5, 0.6) is 0 Å². The third-order valence-electron chi connectivity index (χ3n) is 1.34. The van der Waals surface area contributed by atoms with E-state index in [4.69, 9.17) is 9.84 Å². The molecule has 0 radical (unpaired) electrons. The minimum Gasteiger partial charge on any atom is -0.491 e. The van der Waals surface area contributed by atoms with Gasteiger partial charge in [0.1, 0.15) is 12.4 Å². The highest BCUT2D eigenvalue weighted by Gasteiger charge is 1.95. The third kappa shape index (κ3) is 3.98. The second kappa shape index (κ2) is 6.68. The Morgan fingerprint density at radius 3 is 2.67 bits per heavy atom. The fraction of sp³-hybridized carbons (Fsp3) is 0.400. The van der Waals surface area contributed by atoms with Gasteiger partial charge < -0.3 is 9.84 Å². The largest absolute Gasteiger partial charge is 0.491 e. The molecule has 0 fully saturated rings. The minimum atomic E-state index is 0.0282. The highest BCUT2D eigenvalue weighted by Crippen LogP contribution is 2.07. The Balaban J connectivity index is 4.28. The molecule has 1 N–H and O–H groups in total. The van der Waals surface area contributed by atoms with Crippen molar-refractivity contribution in [3.8, 4) is 0 Å². The van der Waals surface area contributed by atoms with Crippen molar-refractivity contribution >= 4 is 0 Å². The Morgan fingerprint density at radius 1 is 1.58 bits per heavy atom. The zero-order valence-corrected chi connectivity index (χ0v) is 7.71. The summed E-state index contributed by atoms with van der Waals surface area (Å²) in [5.74, 6) is 0.724. The number of hydrogen-bond donors (Lipinski definition) is 1. The fourth-order valence-electron chi connectivity index (χ4n) is 0.821. The molecule has 0 bridgehead atoms. The van der Waals surface area contributed by atoms with Crippen LogP contribution in [0, 0.1) is 0 Å². The Morgan fingerprint density at radius 2 is 2.25 bits per heavy atom. The number of hydrogen-bond acceptors (Lipinski definition) is 2. The topological polar surface area (TPSA) is 29.5 Å². The summed E-state index contributed by atoms with van der Waals surface area (Å²) in [5.41, 5.74) is 1.01. The van der Waals surface area contributed by atoms with Crippen LogP contribution in [0.1, 0.15) is 13.8 Å². The molecule has 0 aliphatic carbocycles. The van der Waals surface area contributed by atoms with Gasteiger partial charge >= 0.3 is 0 Å². The van der Waals surface area contributed by atoms with E-state index in [9.17, 15) is 0 Å². The van der Waals surface area contributed by atoms with E-state index in [1.54, 1.807) is 6.08 Å². The van der Waals surface area contributed by atoms with Gasteiger partial charge in [-0.05, 0) is 25.5 Å². The summed E-state index contributed by atoms with van der Waals surface area (Å²) in [6, 6.07) is 0. The predicted octanol–water partition coefficient (Wildman–Crippen LogP) is 2.03. The van der Waals surface area contributed by atoms with Crippen LogP contribution < -0.4 is 0 Å². The highest BCUT2D eigenvalue weighted by molar-refractivity contribution is 5.25. The molecule has 0 aromatic heterocycles. The van der Waals surface area contributed by atoms with E-state index in [0.717, 1.165) is 11.3 Å². The van der Waals surface area contributed by atoms with Gasteiger partial charge in [-0.3, -0.25) is 0 Å². The van der Waals surface area contributed by atoms with E-state index in [1.807, 2.05) is 26.0 Å². The molecule has 0 aromatic carbocycles. The molecule has 0 aromatic rings. The van der Waals surface area contributed by atoms with Crippen molar-refractivity contribution in [3.63, 3.8) is 0 Å². The second-order valence-corrected chi connectivity index (χ2v) is 2.32. The van der Waals surface area contributed by atoms with Crippen LogP contribution >= 0.6 is 0 Å². The molecule has 0 saturated heterocycles. The smallest absolute Gasteiger partial charge is 0.121 e. The lowest BCUT2D eigenvalue weighted by molar-refractivity contribution is 0.151. The fourth-order valence-corrected chi connectivity index (χ4v) is 0.821. The van der Waals surface area contributed by atoms with Crippen molar-refractivity contribution in [3.05, 3.63) is 36.1 Å². The van der Waals surface area contributed by atoms with Crippen molar-refractivity contribution < 1.29 is 9.84 Å². The van der Waals surface area contributed by atoms with Gasteiger partial charge in [-0.1, -0.05) is 18.7 Å². The molecule has 0 amide bonds. The maximum atomic E-state index is 8.52. The molecule has 68 valence electrons. The van der Waals surface area contributed by atoms with Gasteiger partial charge in [0.05, 0.1) is 6.61 Å². The summed E-state index contributed by atoms with van der Waals surface area (Å²) in [6.45, 7) is 7.84. The lowest BCUT2D eigenvalue weighted by Gasteiger charge is -2.06. The predicted molar refractivity (Wildman–Crippen MR) is 50.7 cm³/mol. The molecule has 0 heterocycles. The molecule has 0 saturated carbocycles. The molecule has 2 heteroatoms. The SMILES string of the molecule is C=C/C(OCCO)=C(C)\C=C\C. The van der Waals surface area contributed by atoms with E-state index in [2.05, 4.69) is 6.58 Å². The first-order valence-electron chi connectivity index (χ1n) is 3.96. The number of allylic oxidation sites excluding steroid dienone is 4. The summed E-state index contributed by atoms with van der Waals surface area (Å²) in [6.07, 6.45) is 5.51. The van der Waals surface area contributed by atoms with Crippen molar-refractivity contribution in [1.29, 1.82) is 0 Å². The monoisotopic (exact) mass is 168 g/mol. The van der Waals surface area contributed by atoms with Gasteiger partial charge in [-0.15, -0.1) is 0 Å². The maximum absolute atomic E-state index is 8.52. The first-order valence-corrected chi connectivity index (χ1v) is 3.96. The Hall–Kier alpha value is -1.02. The van der Waals surface area contributed by atoms with Gasteiger partial charge in [0.25, 0.3) is 0 Å². The van der Waals surface area contributed by atoms with E-state index in [0.29, 0.717) is 6.61 Å². The molecular formula is C10H16O2. The second-order valence-electron chi connectivity index (χ2n) is 2.32. The molecule has 0 aliphatic heterocycles. The molecule has 0 unspecified atom stereocenters. The van der Waals surface area contributed by atoms with Crippen LogP contribution in [0.25, 0.3) is 0 Å². The molecule has 0 aliphatic rings. The maximum Gasteiger partial charge on any atom is 0.121 e. The summed E-state index contributed by atoms with van der Waals surface area (Å²) in [4.78, 5) is 0. The van der Waals surface area contributed by atoms with E-state index in [-0.39, 0.29) is 6.61 Å². The van der Waals surface area contributed by atoms with E-state index < -0.39 is 0 Å². The van der Waals surface area contributed by atoms with Crippen molar-refractivity contribution in [2.75, 3.05) is 13.2 Å². The highest BCUT2D eigenvalue weighted by atomic mass is 16.5. The standard InChI is InChI=1S/C10H16O2/c1-4-6-9(3)10(5-2)12-8-7-11/h4-6,11H,2,7-8H2,1,3H3/b6-4+,10-9+. The molecular weight excluding hydrogens is 152 g/mol. The third-order valence-corrected chi connectivity index (χ3v) is 1.34. The van der Waals surface area contributed by atoms with Gasteiger partial charge in [-0.2, -0.15) is 0 Å². The molecule has 0 rings (SSSR count). The minimum absolute atomic E-state index is 0.0282. The van der Waals surface area contributed by atoms with Gasteiger partial charge in [0, 0.05) is 0 Å². The van der Waals surface area contributed by atoms with Crippen LogP contribution in [0.3, 0.4) is 0 Å². The van der Waals surface area contributed by atoms with Crippen LogP contribution in [-0.4, -0.2) is 18.3 Å². The molecule has 12 heavy (non-hydrogen) atoms. The van der Waals surface area contributed by atoms with Crippen LogP contribution in [0.4, 0.5) is 0 Å². The van der Waals surface area contributed by atoms with Crippen LogP contribution in [0.15, 0.2) is 36.1 Å². The lowest BCUT2D eigenvalue weighted by Crippen LogP contribution is -1.98. The normalized spacial score (nSPS) is 12.9. The molecule has 2 nitrogen and oxygen atoms in total. The Labute approximate surface area is 73.9 Å². The zero-order valence-electron chi connectivity index (χ0n) is 7.71. The first-order chi connectivity index (χ1) is 5.76. The van der Waals surface area contributed by atoms with Gasteiger partial charge in [0.15, 0.2) is 0 Å². The van der Waals surface area contributed by atoms with E-state index in [1.165, 1.54) is 0 Å². The number of aliphatic hydroxyl groups is 1. The molecule has 0 spiro atoms. The van der Waals surface area contributed by atoms with Crippen molar-refractivity contribution in [2.24, 2.45) is 0 Å². The Bertz CT molecular complexity index is 190. The summed E-state index contributed by atoms with van der Waals surface area (Å²) >= 11 is 0. The molecule has 0 atom stereocenters. The number of aliphatic hydroxyl groups excluding tert-OH is 1. The summed E-state index contributed by atoms with van der Waals surface area (Å²) in [5, 5.41) is 8.52. The first kappa shape index (κ1) is 11.0. The Kier molecular flexibility index (Phi) is 6.11. The number of ether oxygens (including phenoxy) is 1. The van der Waals surface area contributed by atoms with Gasteiger partial charge in [0.2, 0.25) is 0 Å². The van der Waals surface area contributed by atoms with Crippen LogP contribution in [-0.2, 0) is 4.74 Å². The van der Waals surface area contributed by atoms with Crippen LogP contribution in [0.2, 0.25) is 0 Å². The number of rotatable bonds is 5. The summed E-state index contributed by atoms with van der Waals surface area (Å²) < 4.78 is 5.22. The van der Waals surface area contributed by atoms with Crippen molar-refractivity contribution in [1.82, 2.24) is 0 Å². The zero-order chi connectivity index (χ0) is 9.40. The van der Waals surface area contributed by atoms with E-state index >= 15 is 0 Å². The van der Waals surface area contributed by atoms with Crippen molar-refractivity contribution in [2.45, 2.75) is 13.8 Å². The quantitative estimate of drug-likeness (QED) is 0.502. The lowest BCUT2D eigenvalue weighted by atomic mass is 10.2. The summed E-state index contributed by atoms with van der Waals surface area (Å²) in [7, 11) is 0.